The van der Waals surface area contributed by atoms with Crippen LogP contribution in [0.2, 0.25) is 0 Å². The maximum atomic E-state index is 10.5. The van der Waals surface area contributed by atoms with Crippen molar-refractivity contribution < 1.29 is 4.79 Å². The average molecular weight is 155 g/mol. The molecule has 2 nitrogen and oxygen atoms in total. The Morgan fingerprint density at radius 2 is 2.18 bits per heavy atom. The summed E-state index contributed by atoms with van der Waals surface area (Å²) >= 11 is 0. The normalized spacial score (nSPS) is 14.5. The van der Waals surface area contributed by atoms with Crippen LogP contribution >= 0.6 is 0 Å². The van der Waals surface area contributed by atoms with Crippen LogP contribution in [0.15, 0.2) is 0 Å². The molecule has 0 saturated heterocycles. The molecule has 0 bridgehead atoms. The molecule has 0 heterocycles. The number of rotatable bonds is 5. The summed E-state index contributed by atoms with van der Waals surface area (Å²) in [5.74, 6) is 0.570. The number of carbonyl (C=O) groups excluding carboxylic acids is 1. The number of hydrogen-bond acceptors (Lipinski definition) is 2. The van der Waals surface area contributed by atoms with Crippen molar-refractivity contribution in [2.24, 2.45) is 11.3 Å². The van der Waals surface area contributed by atoms with E-state index >= 15 is 0 Å². The van der Waals surface area contributed by atoms with Crippen LogP contribution < -0.4 is 5.23 Å². The molecule has 0 spiro atoms. The molecule has 64 valence electrons. The quantitative estimate of drug-likeness (QED) is 0.459. The molecule has 3 heteroatoms. The fraction of sp³-hybridized carbons (Fsp3) is 0.875. The van der Waals surface area contributed by atoms with Gasteiger partial charge in [0.25, 0.3) is 0 Å². The second-order valence-electron chi connectivity index (χ2n) is 3.97. The summed E-state index contributed by atoms with van der Waals surface area (Å²) in [4.78, 5) is 10.5. The Balaban J connectivity index is 3.72. The van der Waals surface area contributed by atoms with E-state index in [2.05, 4.69) is 12.2 Å². The van der Waals surface area contributed by atoms with Crippen molar-refractivity contribution in [3.63, 3.8) is 0 Å². The van der Waals surface area contributed by atoms with Gasteiger partial charge in [0.1, 0.15) is 6.29 Å². The zero-order valence-corrected chi connectivity index (χ0v) is 7.98. The third kappa shape index (κ3) is 5.02. The van der Waals surface area contributed by atoms with Gasteiger partial charge in [-0.05, 0) is 18.9 Å². The van der Waals surface area contributed by atoms with E-state index in [1.165, 1.54) is 0 Å². The van der Waals surface area contributed by atoms with Gasteiger partial charge in [0, 0.05) is 5.41 Å². The van der Waals surface area contributed by atoms with Crippen LogP contribution in [0.25, 0.3) is 0 Å². The molecule has 0 fully saturated rings. The molecule has 0 aliphatic carbocycles. The van der Waals surface area contributed by atoms with Crippen LogP contribution in [0.4, 0.5) is 0 Å². The zero-order valence-electron chi connectivity index (χ0n) is 7.98. The van der Waals surface area contributed by atoms with E-state index < -0.39 is 0 Å². The monoisotopic (exact) mass is 155 g/mol. The summed E-state index contributed by atoms with van der Waals surface area (Å²) in [7, 11) is 1.93. The lowest BCUT2D eigenvalue weighted by Gasteiger charge is -2.21. The Morgan fingerprint density at radius 3 is 2.55 bits per heavy atom. The van der Waals surface area contributed by atoms with Crippen molar-refractivity contribution in [2.45, 2.75) is 27.2 Å². The lowest BCUT2D eigenvalue weighted by Crippen LogP contribution is -2.24. The minimum Gasteiger partial charge on any atom is -0.362 e. The highest BCUT2D eigenvalue weighted by molar-refractivity contribution is 6.04. The summed E-state index contributed by atoms with van der Waals surface area (Å²) in [5.41, 5.74) is -0.156. The molecule has 0 saturated carbocycles. The lowest BCUT2D eigenvalue weighted by atomic mass is 9.85. The van der Waals surface area contributed by atoms with Crippen molar-refractivity contribution in [3.8, 4) is 0 Å². The van der Waals surface area contributed by atoms with Gasteiger partial charge in [0.15, 0.2) is 7.98 Å². The summed E-state index contributed by atoms with van der Waals surface area (Å²) in [6, 6.07) is 0. The van der Waals surface area contributed by atoms with Crippen LogP contribution in [0, 0.1) is 11.3 Å². The van der Waals surface area contributed by atoms with E-state index in [4.69, 9.17) is 0 Å². The Bertz CT molecular complexity index is 125. The topological polar surface area (TPSA) is 29.1 Å². The molecular weight excluding hydrogens is 137 g/mol. The molecule has 0 aromatic carbocycles. The van der Waals surface area contributed by atoms with Gasteiger partial charge < -0.3 is 10.0 Å². The zero-order chi connectivity index (χ0) is 8.91. The summed E-state index contributed by atoms with van der Waals surface area (Å²) in [5, 5.41) is 3.10. The number of nitrogens with one attached hydrogen (secondary N) is 1. The van der Waals surface area contributed by atoms with Crippen LogP contribution in [-0.4, -0.2) is 20.8 Å². The van der Waals surface area contributed by atoms with Crippen LogP contribution in [0.3, 0.4) is 0 Å². The standard InChI is InChI=1S/C8H18BNO/c1-7(5-10-9)4-8(2,3)6-11/h6-7,10H,4-5,9H2,1-3H3. The first kappa shape index (κ1) is 10.7. The van der Waals surface area contributed by atoms with Gasteiger partial charge in [-0.2, -0.15) is 0 Å². The average Bonchev–Trinajstić information content (AvgIpc) is 1.87. The van der Waals surface area contributed by atoms with E-state index in [0.717, 1.165) is 19.3 Å². The minimum atomic E-state index is -0.156. The second-order valence-corrected chi connectivity index (χ2v) is 3.97. The molecule has 1 N–H and O–H groups in total. The summed E-state index contributed by atoms with van der Waals surface area (Å²) < 4.78 is 0. The van der Waals surface area contributed by atoms with E-state index in [9.17, 15) is 4.79 Å². The van der Waals surface area contributed by atoms with Gasteiger partial charge in [0.2, 0.25) is 0 Å². The summed E-state index contributed by atoms with van der Waals surface area (Å²) in [6.45, 7) is 7.09. The first-order valence-electron chi connectivity index (χ1n) is 4.13. The van der Waals surface area contributed by atoms with Crippen molar-refractivity contribution >= 4 is 14.3 Å². The molecule has 1 unspecified atom stereocenters. The highest BCUT2D eigenvalue weighted by Crippen LogP contribution is 2.21. The van der Waals surface area contributed by atoms with Crippen molar-refractivity contribution in [1.82, 2.24) is 5.23 Å². The number of aldehydes is 1. The minimum absolute atomic E-state index is 0.156. The smallest absolute Gasteiger partial charge is 0.181 e. The van der Waals surface area contributed by atoms with E-state index in [1.807, 2.05) is 21.8 Å². The van der Waals surface area contributed by atoms with Crippen molar-refractivity contribution in [2.75, 3.05) is 6.54 Å². The van der Waals surface area contributed by atoms with Gasteiger partial charge in [-0.15, -0.1) is 0 Å². The van der Waals surface area contributed by atoms with E-state index in [0.29, 0.717) is 5.92 Å². The third-order valence-electron chi connectivity index (χ3n) is 1.75. The molecule has 0 aliphatic rings. The maximum absolute atomic E-state index is 10.5. The molecule has 0 amide bonds. The molecule has 11 heavy (non-hydrogen) atoms. The van der Waals surface area contributed by atoms with Gasteiger partial charge in [-0.25, -0.2) is 0 Å². The first-order valence-corrected chi connectivity index (χ1v) is 4.13. The molecule has 0 rings (SSSR count). The molecule has 0 radical (unpaired) electrons. The predicted octanol–water partition coefficient (Wildman–Crippen LogP) is 0.375. The molecular formula is C8H18BNO. The van der Waals surface area contributed by atoms with Crippen LogP contribution in [0.1, 0.15) is 27.2 Å². The van der Waals surface area contributed by atoms with Gasteiger partial charge in [-0.1, -0.05) is 20.8 Å². The Morgan fingerprint density at radius 1 is 1.64 bits per heavy atom. The highest BCUT2D eigenvalue weighted by Gasteiger charge is 2.19. The molecule has 1 atom stereocenters. The van der Waals surface area contributed by atoms with Gasteiger partial charge >= 0.3 is 0 Å². The third-order valence-corrected chi connectivity index (χ3v) is 1.75. The van der Waals surface area contributed by atoms with Crippen molar-refractivity contribution in [1.29, 1.82) is 0 Å². The van der Waals surface area contributed by atoms with E-state index in [1.54, 1.807) is 0 Å². The Labute approximate surface area is 70.2 Å². The second kappa shape index (κ2) is 4.55. The van der Waals surface area contributed by atoms with Gasteiger partial charge in [-0.3, -0.25) is 0 Å². The predicted molar refractivity (Wildman–Crippen MR) is 50.2 cm³/mol. The van der Waals surface area contributed by atoms with Crippen LogP contribution in [0.5, 0.6) is 0 Å². The number of carbonyl (C=O) groups is 1. The van der Waals surface area contributed by atoms with Crippen molar-refractivity contribution in [3.05, 3.63) is 0 Å². The molecule has 0 aliphatic heterocycles. The molecule has 0 aromatic heterocycles. The fourth-order valence-corrected chi connectivity index (χ4v) is 1.37. The number of hydrogen-bond donors (Lipinski definition) is 1. The fourth-order valence-electron chi connectivity index (χ4n) is 1.37. The van der Waals surface area contributed by atoms with Gasteiger partial charge in [0.05, 0.1) is 0 Å². The lowest BCUT2D eigenvalue weighted by molar-refractivity contribution is -0.115. The van der Waals surface area contributed by atoms with E-state index in [-0.39, 0.29) is 5.41 Å². The largest absolute Gasteiger partial charge is 0.362 e. The SMILES string of the molecule is BNCC(C)CC(C)(C)C=O. The Hall–Kier alpha value is -0.305. The Kier molecular flexibility index (Phi) is 4.42. The molecule has 0 aromatic rings. The van der Waals surface area contributed by atoms with Crippen LogP contribution in [-0.2, 0) is 4.79 Å². The maximum Gasteiger partial charge on any atom is 0.181 e. The summed E-state index contributed by atoms with van der Waals surface area (Å²) in [6.07, 6.45) is 2.00. The first-order chi connectivity index (χ1) is 5.02. The highest BCUT2D eigenvalue weighted by atomic mass is 16.1.